The molecule has 3 N–H and O–H groups in total. The molecule has 146 valence electrons. The van der Waals surface area contributed by atoms with Gasteiger partial charge in [-0.2, -0.15) is 0 Å². The maximum atomic E-state index is 12.2. The quantitative estimate of drug-likeness (QED) is 0.536. The van der Waals surface area contributed by atoms with Crippen molar-refractivity contribution in [3.05, 3.63) is 12.7 Å². The zero-order valence-electron chi connectivity index (χ0n) is 14.3. The van der Waals surface area contributed by atoms with Gasteiger partial charge in [-0.3, -0.25) is 13.9 Å². The highest BCUT2D eigenvalue weighted by molar-refractivity contribution is 8.07. The summed E-state index contributed by atoms with van der Waals surface area (Å²) < 4.78 is 23.9. The second-order valence-electron chi connectivity index (χ2n) is 6.19. The molecule has 0 bridgehead atoms. The fourth-order valence-corrected chi connectivity index (χ4v) is 4.58. The second kappa shape index (κ2) is 7.04. The molecule has 5 atom stereocenters. The molecule has 0 spiro atoms. The third-order valence-corrected chi connectivity index (χ3v) is 5.88. The molecule has 2 aliphatic rings. The van der Waals surface area contributed by atoms with E-state index in [1.54, 1.807) is 4.57 Å². The highest BCUT2D eigenvalue weighted by atomic mass is 32.5. The van der Waals surface area contributed by atoms with Gasteiger partial charge < -0.3 is 24.6 Å². The Morgan fingerprint density at radius 2 is 2.33 bits per heavy atom. The molecule has 11 nitrogen and oxygen atoms in total. The predicted molar refractivity (Wildman–Crippen MR) is 95.8 cm³/mol. The Kier molecular flexibility index (Phi) is 4.87. The maximum absolute atomic E-state index is 12.2. The van der Waals surface area contributed by atoms with Crippen LogP contribution in [0.5, 0.6) is 0 Å². The van der Waals surface area contributed by atoms with Crippen LogP contribution < -0.4 is 5.73 Å². The SMILES string of the molecule is CCCC(=O)OC1C2OP(O)(=S)OCC2OC1n1cnc2c(N)ncnc21. The lowest BCUT2D eigenvalue weighted by atomic mass is 10.1. The number of ether oxygens (including phenoxy) is 2. The molecular formula is C14H18N5O6PS. The van der Waals surface area contributed by atoms with Crippen molar-refractivity contribution >= 4 is 41.5 Å². The third-order valence-electron chi connectivity index (χ3n) is 4.33. The Bertz CT molecular complexity index is 925. The van der Waals surface area contributed by atoms with Gasteiger partial charge in [-0.25, -0.2) is 15.0 Å². The Morgan fingerprint density at radius 1 is 1.52 bits per heavy atom. The van der Waals surface area contributed by atoms with E-state index in [1.807, 2.05) is 6.92 Å². The molecule has 4 heterocycles. The van der Waals surface area contributed by atoms with Crippen LogP contribution in [0.15, 0.2) is 12.7 Å². The Hall–Kier alpha value is -1.69. The van der Waals surface area contributed by atoms with E-state index in [0.717, 1.165) is 0 Å². The number of rotatable bonds is 4. The second-order valence-corrected chi connectivity index (χ2v) is 8.98. The first kappa shape index (κ1) is 18.7. The van der Waals surface area contributed by atoms with Gasteiger partial charge in [0.25, 0.3) is 0 Å². The van der Waals surface area contributed by atoms with Gasteiger partial charge in [-0.1, -0.05) is 6.92 Å². The van der Waals surface area contributed by atoms with E-state index < -0.39 is 37.2 Å². The number of nitrogens with zero attached hydrogens (tertiary/aromatic N) is 4. The number of hydrogen-bond acceptors (Lipinski definition) is 10. The third kappa shape index (κ3) is 3.44. The molecule has 13 heteroatoms. The molecule has 2 aromatic rings. The largest absolute Gasteiger partial charge is 0.455 e. The van der Waals surface area contributed by atoms with Crippen molar-refractivity contribution < 1.29 is 28.2 Å². The highest BCUT2D eigenvalue weighted by Gasteiger charge is 2.54. The van der Waals surface area contributed by atoms with Crippen molar-refractivity contribution in [1.82, 2.24) is 19.5 Å². The van der Waals surface area contributed by atoms with Gasteiger partial charge in [0.2, 0.25) is 0 Å². The van der Waals surface area contributed by atoms with E-state index in [9.17, 15) is 9.69 Å². The zero-order valence-corrected chi connectivity index (χ0v) is 16.0. The summed E-state index contributed by atoms with van der Waals surface area (Å²) in [6, 6.07) is 0. The summed E-state index contributed by atoms with van der Waals surface area (Å²) in [5.74, 6) is -0.184. The van der Waals surface area contributed by atoms with Crippen LogP contribution in [0.2, 0.25) is 0 Å². The summed E-state index contributed by atoms with van der Waals surface area (Å²) in [6.07, 6.45) is 0.663. The minimum Gasteiger partial charge on any atom is -0.455 e. The van der Waals surface area contributed by atoms with E-state index in [2.05, 4.69) is 15.0 Å². The van der Waals surface area contributed by atoms with Gasteiger partial charge in [0.15, 0.2) is 23.8 Å². The zero-order chi connectivity index (χ0) is 19.2. The number of carbonyl (C=O) groups is 1. The Balaban J connectivity index is 1.72. The van der Waals surface area contributed by atoms with E-state index in [1.165, 1.54) is 12.7 Å². The maximum Gasteiger partial charge on any atom is 0.325 e. The molecular weight excluding hydrogens is 397 g/mol. The number of imidazole rings is 1. The van der Waals surface area contributed by atoms with Crippen LogP contribution in [0.1, 0.15) is 26.0 Å². The van der Waals surface area contributed by atoms with Crippen LogP contribution in [0.25, 0.3) is 11.2 Å². The number of anilines is 1. The lowest BCUT2D eigenvalue weighted by molar-refractivity contribution is -0.158. The first-order valence-electron chi connectivity index (χ1n) is 8.33. The molecule has 2 aliphatic heterocycles. The normalized spacial score (nSPS) is 33.1. The fraction of sp³-hybridized carbons (Fsp3) is 0.571. The van der Waals surface area contributed by atoms with E-state index in [-0.39, 0.29) is 18.8 Å². The van der Waals surface area contributed by atoms with Crippen molar-refractivity contribution in [3.63, 3.8) is 0 Å². The Labute approximate surface area is 159 Å². The molecule has 27 heavy (non-hydrogen) atoms. The van der Waals surface area contributed by atoms with Gasteiger partial charge in [0, 0.05) is 6.42 Å². The van der Waals surface area contributed by atoms with Gasteiger partial charge in [-0.05, 0) is 18.2 Å². The number of carbonyl (C=O) groups excluding carboxylic acids is 1. The molecule has 4 rings (SSSR count). The molecule has 5 unspecified atom stereocenters. The average molecular weight is 415 g/mol. The molecule has 0 aliphatic carbocycles. The lowest BCUT2D eigenvalue weighted by Gasteiger charge is -2.31. The minimum atomic E-state index is -3.42. The van der Waals surface area contributed by atoms with Crippen LogP contribution in [0.4, 0.5) is 5.82 Å². The number of hydrogen-bond donors (Lipinski definition) is 2. The number of aromatic nitrogens is 4. The molecule has 2 saturated heterocycles. The van der Waals surface area contributed by atoms with Crippen molar-refractivity contribution in [2.24, 2.45) is 0 Å². The summed E-state index contributed by atoms with van der Waals surface area (Å²) in [6.45, 7) is -1.52. The number of nitrogens with two attached hydrogens (primary N) is 1. The van der Waals surface area contributed by atoms with Crippen LogP contribution in [0.3, 0.4) is 0 Å². The van der Waals surface area contributed by atoms with Gasteiger partial charge in [0.05, 0.1) is 12.9 Å². The minimum absolute atomic E-state index is 0.0283. The van der Waals surface area contributed by atoms with Crippen LogP contribution >= 0.6 is 6.72 Å². The number of nitrogen functional groups attached to an aromatic ring is 1. The summed E-state index contributed by atoms with van der Waals surface area (Å²) in [5.41, 5.74) is 6.66. The highest BCUT2D eigenvalue weighted by Crippen LogP contribution is 2.53. The smallest absolute Gasteiger partial charge is 0.325 e. The van der Waals surface area contributed by atoms with E-state index in [4.69, 9.17) is 36.1 Å². The van der Waals surface area contributed by atoms with Crippen molar-refractivity contribution in [2.75, 3.05) is 12.3 Å². The summed E-state index contributed by atoms with van der Waals surface area (Å²) in [5, 5.41) is 0. The Morgan fingerprint density at radius 3 is 3.11 bits per heavy atom. The van der Waals surface area contributed by atoms with Crippen molar-refractivity contribution in [2.45, 2.75) is 44.3 Å². The van der Waals surface area contributed by atoms with Crippen LogP contribution in [-0.4, -0.2) is 55.3 Å². The van der Waals surface area contributed by atoms with Gasteiger partial charge in [0.1, 0.15) is 24.1 Å². The van der Waals surface area contributed by atoms with Crippen molar-refractivity contribution in [1.29, 1.82) is 0 Å². The van der Waals surface area contributed by atoms with Gasteiger partial charge in [-0.15, -0.1) is 0 Å². The standard InChI is InChI=1S/C14H18N5O6PS/c1-2-3-8(20)24-11-10-7(4-22-26(21,27)25-10)23-14(11)19-6-18-9-12(15)16-5-17-13(9)19/h5-7,10-11,14H,2-4H2,1H3,(H,21,27)(H2,15,16,17). The molecule has 2 aromatic heterocycles. The first-order chi connectivity index (χ1) is 12.9. The first-order valence-corrected chi connectivity index (χ1v) is 10.9. The molecule has 0 radical (unpaired) electrons. The molecule has 0 aromatic carbocycles. The van der Waals surface area contributed by atoms with Crippen molar-refractivity contribution in [3.8, 4) is 0 Å². The summed E-state index contributed by atoms with van der Waals surface area (Å²) in [7, 11) is 0. The molecule has 2 fully saturated rings. The topological polar surface area (TPSA) is 144 Å². The summed E-state index contributed by atoms with van der Waals surface area (Å²) in [4.78, 5) is 34.5. The average Bonchev–Trinajstić information content (AvgIpc) is 3.17. The predicted octanol–water partition coefficient (Wildman–Crippen LogP) is 0.650. The van der Waals surface area contributed by atoms with Crippen LogP contribution in [-0.2, 0) is 35.1 Å². The van der Waals surface area contributed by atoms with Gasteiger partial charge >= 0.3 is 12.7 Å². The monoisotopic (exact) mass is 415 g/mol. The molecule has 0 amide bonds. The number of fused-ring (bicyclic) bond motifs is 2. The molecule has 0 saturated carbocycles. The van der Waals surface area contributed by atoms with E-state index >= 15 is 0 Å². The van der Waals surface area contributed by atoms with E-state index in [0.29, 0.717) is 17.6 Å². The fourth-order valence-electron chi connectivity index (χ4n) is 3.14. The lowest BCUT2D eigenvalue weighted by Crippen LogP contribution is -2.41. The number of esters is 1. The van der Waals surface area contributed by atoms with Crippen LogP contribution in [0, 0.1) is 0 Å². The summed E-state index contributed by atoms with van der Waals surface area (Å²) >= 11 is 4.94.